The lowest BCUT2D eigenvalue weighted by Gasteiger charge is -2.50. The van der Waals surface area contributed by atoms with Crippen LogP contribution in [0.25, 0.3) is 11.1 Å². The zero-order valence-electron chi connectivity index (χ0n) is 13.7. The first-order valence-corrected chi connectivity index (χ1v) is 9.29. The van der Waals surface area contributed by atoms with Crippen molar-refractivity contribution in [3.05, 3.63) is 46.6 Å². The fourth-order valence-corrected chi connectivity index (χ4v) is 4.34. The monoisotopic (exact) mass is 361 g/mol. The maximum Gasteiger partial charge on any atom is 0.126 e. The van der Waals surface area contributed by atoms with Gasteiger partial charge in [-0.2, -0.15) is 0 Å². The number of halogens is 2. The van der Waals surface area contributed by atoms with E-state index in [9.17, 15) is 0 Å². The highest BCUT2D eigenvalue weighted by Crippen LogP contribution is 2.34. The smallest absolute Gasteiger partial charge is 0.126 e. The van der Waals surface area contributed by atoms with Gasteiger partial charge in [0, 0.05) is 23.8 Å². The van der Waals surface area contributed by atoms with Crippen molar-refractivity contribution in [2.45, 2.75) is 31.8 Å². The minimum Gasteiger partial charge on any atom is -0.365 e. The van der Waals surface area contributed by atoms with E-state index in [2.05, 4.69) is 34.3 Å². The Morgan fingerprint density at radius 3 is 2.42 bits per heavy atom. The summed E-state index contributed by atoms with van der Waals surface area (Å²) in [7, 11) is 0. The van der Waals surface area contributed by atoms with Crippen LogP contribution in [0.4, 0.5) is 5.82 Å². The van der Waals surface area contributed by atoms with E-state index < -0.39 is 0 Å². The van der Waals surface area contributed by atoms with Crippen molar-refractivity contribution in [1.29, 1.82) is 0 Å². The predicted octanol–water partition coefficient (Wildman–Crippen LogP) is 4.95. The van der Waals surface area contributed by atoms with Gasteiger partial charge < -0.3 is 5.32 Å². The van der Waals surface area contributed by atoms with Crippen LogP contribution in [0.1, 0.15) is 19.8 Å². The molecular formula is C19H21Cl2N3. The number of rotatable bonds is 3. The van der Waals surface area contributed by atoms with Crippen LogP contribution in [-0.2, 0) is 0 Å². The fourth-order valence-electron chi connectivity index (χ4n) is 4.04. The highest BCUT2D eigenvalue weighted by Gasteiger charge is 2.39. The topological polar surface area (TPSA) is 28.2 Å². The van der Waals surface area contributed by atoms with Gasteiger partial charge in [-0.15, -0.1) is 0 Å². The van der Waals surface area contributed by atoms with Crippen molar-refractivity contribution in [3.63, 3.8) is 0 Å². The number of benzene rings is 1. The standard InChI is InChI=1S/C19H21Cl2N3/c1-12-19(13-6-8-24(12)9-7-13)23-18-5-3-15(11-22-18)14-2-4-16(20)17(21)10-14/h2-5,10-13,19H,6-9H2,1H3,(H,22,23)/t12-,19-/m1/s1. The van der Waals surface area contributed by atoms with Crippen LogP contribution >= 0.6 is 23.2 Å². The average Bonchev–Trinajstić information content (AvgIpc) is 2.61. The predicted molar refractivity (Wildman–Crippen MR) is 101 cm³/mol. The van der Waals surface area contributed by atoms with Gasteiger partial charge in [0.25, 0.3) is 0 Å². The minimum absolute atomic E-state index is 0.496. The molecule has 1 aromatic heterocycles. The van der Waals surface area contributed by atoms with Gasteiger partial charge in [-0.3, -0.25) is 4.90 Å². The molecule has 0 radical (unpaired) electrons. The molecule has 24 heavy (non-hydrogen) atoms. The molecule has 0 aliphatic carbocycles. The lowest BCUT2D eigenvalue weighted by atomic mass is 9.79. The molecule has 0 amide bonds. The molecule has 0 saturated carbocycles. The second-order valence-corrected chi connectivity index (χ2v) is 7.66. The summed E-state index contributed by atoms with van der Waals surface area (Å²) in [5, 5.41) is 4.80. The van der Waals surface area contributed by atoms with E-state index >= 15 is 0 Å². The number of hydrogen-bond acceptors (Lipinski definition) is 3. The first-order valence-electron chi connectivity index (χ1n) is 8.54. The molecule has 2 atom stereocenters. The Bertz CT molecular complexity index is 722. The quantitative estimate of drug-likeness (QED) is 0.837. The van der Waals surface area contributed by atoms with Crippen molar-refractivity contribution >= 4 is 29.0 Å². The van der Waals surface area contributed by atoms with Crippen LogP contribution in [0.5, 0.6) is 0 Å². The van der Waals surface area contributed by atoms with E-state index in [1.807, 2.05) is 24.4 Å². The molecule has 3 nitrogen and oxygen atoms in total. The third kappa shape index (κ3) is 3.01. The first kappa shape index (κ1) is 16.2. The number of hydrogen-bond donors (Lipinski definition) is 1. The van der Waals surface area contributed by atoms with Crippen molar-refractivity contribution in [3.8, 4) is 11.1 Å². The third-order valence-electron chi connectivity index (χ3n) is 5.51. The molecule has 1 aromatic carbocycles. The Labute approximate surface area is 153 Å². The average molecular weight is 362 g/mol. The molecule has 3 fully saturated rings. The lowest BCUT2D eigenvalue weighted by Crippen LogP contribution is -2.59. The van der Waals surface area contributed by atoms with Gasteiger partial charge in [0.15, 0.2) is 0 Å². The number of pyridine rings is 1. The van der Waals surface area contributed by atoms with Gasteiger partial charge in [-0.05, 0) is 68.6 Å². The van der Waals surface area contributed by atoms with Gasteiger partial charge in [0.2, 0.25) is 0 Å². The molecule has 3 saturated heterocycles. The van der Waals surface area contributed by atoms with Crippen LogP contribution in [0, 0.1) is 5.92 Å². The summed E-state index contributed by atoms with van der Waals surface area (Å²) >= 11 is 12.1. The Kier molecular flexibility index (Phi) is 4.42. The van der Waals surface area contributed by atoms with Crippen LogP contribution in [-0.4, -0.2) is 35.1 Å². The SMILES string of the molecule is C[C@@H]1[C@@H](Nc2ccc(-c3ccc(Cl)c(Cl)c3)cn2)C2CCN1CC2. The summed E-state index contributed by atoms with van der Waals surface area (Å²) in [6, 6.07) is 10.9. The number of nitrogens with one attached hydrogen (secondary N) is 1. The molecule has 2 bridgehead atoms. The van der Waals surface area contributed by atoms with Gasteiger partial charge >= 0.3 is 0 Å². The Morgan fingerprint density at radius 2 is 1.79 bits per heavy atom. The maximum atomic E-state index is 6.11. The molecule has 0 spiro atoms. The maximum absolute atomic E-state index is 6.11. The molecule has 0 unspecified atom stereocenters. The Hall–Kier alpha value is -1.29. The van der Waals surface area contributed by atoms with E-state index in [4.69, 9.17) is 23.2 Å². The summed E-state index contributed by atoms with van der Waals surface area (Å²) in [4.78, 5) is 7.20. The van der Waals surface area contributed by atoms with Crippen molar-refractivity contribution < 1.29 is 0 Å². The number of anilines is 1. The summed E-state index contributed by atoms with van der Waals surface area (Å²) < 4.78 is 0. The van der Waals surface area contributed by atoms with E-state index in [0.29, 0.717) is 22.1 Å². The van der Waals surface area contributed by atoms with Crippen LogP contribution in [0.15, 0.2) is 36.5 Å². The van der Waals surface area contributed by atoms with E-state index in [0.717, 1.165) is 22.9 Å². The second kappa shape index (κ2) is 6.55. The minimum atomic E-state index is 0.496. The van der Waals surface area contributed by atoms with Crippen molar-refractivity contribution in [1.82, 2.24) is 9.88 Å². The number of fused-ring (bicyclic) bond motifs is 3. The Balaban J connectivity index is 1.50. The van der Waals surface area contributed by atoms with E-state index in [-0.39, 0.29) is 0 Å². The Morgan fingerprint density at radius 1 is 1.04 bits per heavy atom. The van der Waals surface area contributed by atoms with Crippen LogP contribution in [0.2, 0.25) is 10.0 Å². The third-order valence-corrected chi connectivity index (χ3v) is 6.25. The fraction of sp³-hybridized carbons (Fsp3) is 0.421. The normalized spacial score (nSPS) is 28.8. The van der Waals surface area contributed by atoms with E-state index in [1.54, 1.807) is 0 Å². The lowest BCUT2D eigenvalue weighted by molar-refractivity contribution is 0.0457. The molecule has 4 heterocycles. The highest BCUT2D eigenvalue weighted by molar-refractivity contribution is 6.42. The molecule has 3 aliphatic heterocycles. The van der Waals surface area contributed by atoms with Gasteiger partial charge in [0.05, 0.1) is 10.0 Å². The number of aromatic nitrogens is 1. The molecule has 2 aromatic rings. The number of piperidine rings is 3. The summed E-state index contributed by atoms with van der Waals surface area (Å²) in [6.07, 6.45) is 4.49. The van der Waals surface area contributed by atoms with Gasteiger partial charge in [0.1, 0.15) is 5.82 Å². The van der Waals surface area contributed by atoms with Crippen molar-refractivity contribution in [2.24, 2.45) is 5.92 Å². The largest absolute Gasteiger partial charge is 0.365 e. The zero-order valence-corrected chi connectivity index (χ0v) is 15.2. The molecule has 5 heteroatoms. The second-order valence-electron chi connectivity index (χ2n) is 6.85. The zero-order chi connectivity index (χ0) is 16.7. The summed E-state index contributed by atoms with van der Waals surface area (Å²) in [6.45, 7) is 4.81. The molecule has 5 rings (SSSR count). The highest BCUT2D eigenvalue weighted by atomic mass is 35.5. The van der Waals surface area contributed by atoms with Crippen molar-refractivity contribution in [2.75, 3.05) is 18.4 Å². The molecular weight excluding hydrogens is 341 g/mol. The van der Waals surface area contributed by atoms with Gasteiger partial charge in [-0.1, -0.05) is 29.3 Å². The molecule has 1 N–H and O–H groups in total. The molecule has 3 aliphatic rings. The molecule has 126 valence electrons. The van der Waals surface area contributed by atoms with E-state index in [1.165, 1.54) is 25.9 Å². The first-order chi connectivity index (χ1) is 11.6. The number of nitrogens with zero attached hydrogens (tertiary/aromatic N) is 2. The van der Waals surface area contributed by atoms with Crippen LogP contribution < -0.4 is 5.32 Å². The van der Waals surface area contributed by atoms with Gasteiger partial charge in [-0.25, -0.2) is 4.98 Å². The van der Waals surface area contributed by atoms with Crippen LogP contribution in [0.3, 0.4) is 0 Å². The summed E-state index contributed by atoms with van der Waals surface area (Å²) in [5.41, 5.74) is 2.07. The summed E-state index contributed by atoms with van der Waals surface area (Å²) in [5.74, 6) is 1.71.